The van der Waals surface area contributed by atoms with Crippen molar-refractivity contribution in [3.63, 3.8) is 0 Å². The summed E-state index contributed by atoms with van der Waals surface area (Å²) in [5.74, 6) is 0. The van der Waals surface area contributed by atoms with Crippen molar-refractivity contribution in [2.45, 2.75) is 0 Å². The summed E-state index contributed by atoms with van der Waals surface area (Å²) in [6.07, 6.45) is 0. The van der Waals surface area contributed by atoms with E-state index in [1.807, 2.05) is 36.4 Å². The van der Waals surface area contributed by atoms with Crippen LogP contribution in [0.3, 0.4) is 0 Å². The van der Waals surface area contributed by atoms with Crippen LogP contribution in [0, 0.1) is 0 Å². The third-order valence-corrected chi connectivity index (χ3v) is 0.667. The molecule has 0 unspecified atom stereocenters. The van der Waals surface area contributed by atoms with Gasteiger partial charge in [-0.15, -0.1) is 0 Å². The molecule has 1 aromatic rings. The maximum absolute atomic E-state index is 7.23. The highest BCUT2D eigenvalue weighted by atomic mass is 31.2. The second kappa shape index (κ2) is 54.7. The summed E-state index contributed by atoms with van der Waals surface area (Å²) in [4.78, 5) is 174. The lowest BCUT2D eigenvalue weighted by Crippen LogP contribution is -1.54. The molecule has 0 amide bonds. The second-order valence-corrected chi connectivity index (χ2v) is 7.59. The van der Waals surface area contributed by atoms with Crippen LogP contribution in [0.15, 0.2) is 36.4 Å². The third-order valence-electron chi connectivity index (χ3n) is 0.667. The normalized spacial score (nSPS) is 8.84. The van der Waals surface area contributed by atoms with Gasteiger partial charge in [-0.2, -0.15) is 0 Å². The molecule has 24 nitrogen and oxygen atoms in total. The van der Waals surface area contributed by atoms with E-state index in [-0.39, 0.29) is 0 Å². The molecule has 0 atom stereocenters. The van der Waals surface area contributed by atoms with Gasteiger partial charge in [0.25, 0.3) is 0 Å². The highest BCUT2D eigenvalue weighted by Gasteiger charge is 1.79. The van der Waals surface area contributed by atoms with E-state index in [2.05, 4.69) is 0 Å². The van der Waals surface area contributed by atoms with Crippen molar-refractivity contribution < 1.29 is 117 Å². The first-order valence-electron chi connectivity index (χ1n) is 6.80. The molecule has 0 aliphatic heterocycles. The SMILES string of the molecule is OP(O)O.OP(O)O.OP(O)O.OP(O)O.OP(O)O.OP(O)O.OP(O)O.OP(O)O.c1ccccc1. The first-order valence-corrected chi connectivity index (χ1v) is 16.4. The fourth-order valence-electron chi connectivity index (χ4n) is 0.385. The average molecular weight is 734 g/mol. The molecular formula is C6H30O24P8. The predicted molar refractivity (Wildman–Crippen MR) is 135 cm³/mol. The van der Waals surface area contributed by atoms with Crippen molar-refractivity contribution >= 4 is 68.8 Å². The molecule has 0 radical (unpaired) electrons. The molecule has 0 aliphatic rings. The fourth-order valence-corrected chi connectivity index (χ4v) is 0.385. The molecule has 38 heavy (non-hydrogen) atoms. The van der Waals surface area contributed by atoms with Gasteiger partial charge < -0.3 is 117 Å². The number of benzene rings is 1. The Kier molecular flexibility index (Phi) is 85.2. The van der Waals surface area contributed by atoms with E-state index < -0.39 is 68.8 Å². The molecule has 0 saturated carbocycles. The van der Waals surface area contributed by atoms with Gasteiger partial charge in [0.15, 0.2) is 0 Å². The highest BCUT2D eigenvalue weighted by Crippen LogP contribution is 2.14. The molecule has 0 fully saturated rings. The molecule has 0 aliphatic carbocycles. The molecule has 32 heteroatoms. The minimum atomic E-state index is -2.62. The molecule has 0 heterocycles. The van der Waals surface area contributed by atoms with Crippen LogP contribution in [0.5, 0.6) is 0 Å². The molecule has 0 aromatic heterocycles. The molecule has 0 spiro atoms. The topological polar surface area (TPSA) is 486 Å². The van der Waals surface area contributed by atoms with Gasteiger partial charge in [0, 0.05) is 0 Å². The van der Waals surface area contributed by atoms with Crippen LogP contribution in [-0.2, 0) is 0 Å². The van der Waals surface area contributed by atoms with Gasteiger partial charge in [-0.3, -0.25) is 0 Å². The van der Waals surface area contributed by atoms with Crippen molar-refractivity contribution in [1.29, 1.82) is 0 Å². The fraction of sp³-hybridized carbons (Fsp3) is 0. The van der Waals surface area contributed by atoms with Crippen LogP contribution in [0.4, 0.5) is 0 Å². The maximum atomic E-state index is 7.23. The summed E-state index contributed by atoms with van der Waals surface area (Å²) in [7, 11) is -21.0. The largest absolute Gasteiger partial charge is 0.328 e. The van der Waals surface area contributed by atoms with Crippen molar-refractivity contribution in [3.05, 3.63) is 36.4 Å². The quantitative estimate of drug-likeness (QED) is 0.111. The standard InChI is InChI=1S/C6H6.8H3O3P/c1-2-4-6-5-3-1;8*1-4(2)3/h1-6H;8*1-3H. The van der Waals surface area contributed by atoms with Crippen molar-refractivity contribution in [2.75, 3.05) is 0 Å². The summed E-state index contributed by atoms with van der Waals surface area (Å²) in [5.41, 5.74) is 0. The van der Waals surface area contributed by atoms with Crippen LogP contribution in [-0.4, -0.2) is 117 Å². The van der Waals surface area contributed by atoms with E-state index in [1.54, 1.807) is 0 Å². The Labute approximate surface area is 223 Å². The summed E-state index contributed by atoms with van der Waals surface area (Å²) in [6, 6.07) is 12.0. The predicted octanol–water partition coefficient (Wildman–Crippen LogP) is -4.79. The first-order chi connectivity index (χ1) is 16.9. The van der Waals surface area contributed by atoms with Crippen molar-refractivity contribution in [3.8, 4) is 0 Å². The summed E-state index contributed by atoms with van der Waals surface area (Å²) >= 11 is 0. The van der Waals surface area contributed by atoms with Crippen LogP contribution in [0.2, 0.25) is 0 Å². The minimum absolute atomic E-state index is 2.00. The van der Waals surface area contributed by atoms with Crippen molar-refractivity contribution in [2.24, 2.45) is 0 Å². The van der Waals surface area contributed by atoms with Crippen LogP contribution >= 0.6 is 68.8 Å². The molecular weight excluding hydrogens is 704 g/mol. The maximum Gasteiger partial charge on any atom is 0.324 e. The number of hydrogen-bond acceptors (Lipinski definition) is 24. The highest BCUT2D eigenvalue weighted by molar-refractivity contribution is 7.39. The van der Waals surface area contributed by atoms with E-state index in [1.165, 1.54) is 0 Å². The van der Waals surface area contributed by atoms with Gasteiger partial charge in [-0.1, -0.05) is 36.4 Å². The zero-order valence-corrected chi connectivity index (χ0v) is 24.9. The lowest BCUT2D eigenvalue weighted by Gasteiger charge is -1.76. The van der Waals surface area contributed by atoms with E-state index in [9.17, 15) is 0 Å². The number of rotatable bonds is 0. The zero-order valence-electron chi connectivity index (χ0n) is 17.8. The lowest BCUT2D eigenvalue weighted by atomic mass is 10.4. The molecule has 24 N–H and O–H groups in total. The van der Waals surface area contributed by atoms with Crippen LogP contribution < -0.4 is 0 Å². The Morgan fingerprint density at radius 1 is 0.158 bits per heavy atom. The van der Waals surface area contributed by atoms with E-state index in [4.69, 9.17) is 117 Å². The monoisotopic (exact) mass is 734 g/mol. The third kappa shape index (κ3) is 856. The second-order valence-electron chi connectivity index (χ2n) is 3.30. The van der Waals surface area contributed by atoms with E-state index in [0.717, 1.165) is 0 Å². The van der Waals surface area contributed by atoms with E-state index >= 15 is 0 Å². The average Bonchev–Trinajstić information content (AvgIpc) is 2.59. The Morgan fingerprint density at radius 2 is 0.184 bits per heavy atom. The van der Waals surface area contributed by atoms with Gasteiger partial charge in [0.1, 0.15) is 0 Å². The van der Waals surface area contributed by atoms with Crippen LogP contribution in [0.25, 0.3) is 0 Å². The smallest absolute Gasteiger partial charge is 0.324 e. The van der Waals surface area contributed by atoms with Crippen LogP contribution in [0.1, 0.15) is 0 Å². The Balaban J connectivity index is -0.0000000447. The molecule has 0 bridgehead atoms. The van der Waals surface area contributed by atoms with Gasteiger partial charge in [0.05, 0.1) is 0 Å². The lowest BCUT2D eigenvalue weighted by molar-refractivity contribution is 0.366. The summed E-state index contributed by atoms with van der Waals surface area (Å²) in [6.45, 7) is 0. The summed E-state index contributed by atoms with van der Waals surface area (Å²) < 4.78 is 0. The molecule has 0 saturated heterocycles. The zero-order chi connectivity index (χ0) is 32.9. The Hall–Kier alpha value is 1.70. The number of hydrogen-bond donors (Lipinski definition) is 24. The van der Waals surface area contributed by atoms with Gasteiger partial charge in [-0.05, 0) is 0 Å². The Bertz CT molecular complexity index is 309. The molecule has 238 valence electrons. The Morgan fingerprint density at radius 3 is 0.211 bits per heavy atom. The summed E-state index contributed by atoms with van der Waals surface area (Å²) in [5, 5.41) is 0. The molecule has 1 rings (SSSR count). The van der Waals surface area contributed by atoms with Gasteiger partial charge in [0.2, 0.25) is 0 Å². The first kappa shape index (κ1) is 59.2. The minimum Gasteiger partial charge on any atom is -0.328 e. The van der Waals surface area contributed by atoms with E-state index in [0.29, 0.717) is 0 Å². The van der Waals surface area contributed by atoms with Gasteiger partial charge in [-0.25, -0.2) is 0 Å². The van der Waals surface area contributed by atoms with Crippen molar-refractivity contribution in [1.82, 2.24) is 0 Å². The van der Waals surface area contributed by atoms with Gasteiger partial charge >= 0.3 is 68.8 Å². The molecule has 1 aromatic carbocycles.